The molecule has 240 valence electrons. The number of aliphatic imine (C=N–C) groups is 1. The van der Waals surface area contributed by atoms with E-state index in [4.69, 9.17) is 12.2 Å². The summed E-state index contributed by atoms with van der Waals surface area (Å²) in [5.74, 6) is -0.0404. The molecule has 4 aromatic rings. The molecule has 1 aliphatic rings. The van der Waals surface area contributed by atoms with Crippen molar-refractivity contribution in [2.45, 2.75) is 45.5 Å². The number of aryl methyl sites for hydroxylation is 1. The van der Waals surface area contributed by atoms with E-state index in [-0.39, 0.29) is 45.0 Å². The molecule has 3 aromatic carbocycles. The number of thioether (sulfide) groups is 1. The van der Waals surface area contributed by atoms with Crippen molar-refractivity contribution in [3.8, 4) is 22.8 Å². The summed E-state index contributed by atoms with van der Waals surface area (Å²) in [5.41, 5.74) is 3.53. The molecule has 1 fully saturated rings. The molecule has 2 heterocycles. The average molecular weight is 675 g/mol. The van der Waals surface area contributed by atoms with Crippen LogP contribution in [0, 0.1) is 6.92 Å². The van der Waals surface area contributed by atoms with Crippen molar-refractivity contribution in [1.82, 2.24) is 20.1 Å². The van der Waals surface area contributed by atoms with Crippen LogP contribution in [0.1, 0.15) is 42.6 Å². The van der Waals surface area contributed by atoms with Crippen molar-refractivity contribution in [2.75, 3.05) is 10.7 Å². The quantitative estimate of drug-likeness (QED) is 0.117. The topological polar surface area (TPSA) is 84.6 Å². The minimum Gasteiger partial charge on any atom is -0.406 e. The average Bonchev–Trinajstić information content (AvgIpc) is 3.63. The number of amidine groups is 1. The van der Waals surface area contributed by atoms with Gasteiger partial charge < -0.3 is 10.1 Å². The number of aromatic nitrogens is 3. The van der Waals surface area contributed by atoms with Crippen LogP contribution in [0.3, 0.4) is 0 Å². The molecule has 1 aromatic heterocycles. The lowest BCUT2D eigenvalue weighted by Gasteiger charge is -2.22. The smallest absolute Gasteiger partial charge is 0.406 e. The van der Waals surface area contributed by atoms with Crippen LogP contribution in [-0.2, 0) is 4.79 Å². The van der Waals surface area contributed by atoms with Crippen molar-refractivity contribution in [3.63, 3.8) is 0 Å². The van der Waals surface area contributed by atoms with Crippen LogP contribution in [0.2, 0.25) is 0 Å². The highest BCUT2D eigenvalue weighted by Gasteiger charge is 2.33. The van der Waals surface area contributed by atoms with Gasteiger partial charge in [0.05, 0.1) is 17.1 Å². The molecule has 8 nitrogen and oxygen atoms in total. The van der Waals surface area contributed by atoms with E-state index in [9.17, 15) is 18.0 Å². The van der Waals surface area contributed by atoms with E-state index in [0.29, 0.717) is 16.9 Å². The molecule has 1 amide bonds. The summed E-state index contributed by atoms with van der Waals surface area (Å²) in [7, 11) is 0. The van der Waals surface area contributed by atoms with E-state index in [1.54, 1.807) is 0 Å². The minimum absolute atomic E-state index is 0.0206. The van der Waals surface area contributed by atoms with Gasteiger partial charge in [-0.2, -0.15) is 4.99 Å². The monoisotopic (exact) mass is 674 g/mol. The Morgan fingerprint density at radius 3 is 2.41 bits per heavy atom. The molecular weight excluding hydrogens is 648 g/mol. The van der Waals surface area contributed by atoms with Crippen LogP contribution in [0.5, 0.6) is 5.75 Å². The SMILES string of the molecule is Cc1ccc(C(C)C)c(N2C(=O)CSC2=NC(=S)NC(F)C(F)c2ccc(-c3ncn(-c4ccc(OC(F)(F)F)cc4)n3)cc2)c1. The molecular formula is C31H27F5N6O2S2. The first kappa shape index (κ1) is 33.0. The number of carbonyl (C=O) groups excluding carboxylic acids is 1. The van der Waals surface area contributed by atoms with Gasteiger partial charge in [0.1, 0.15) is 12.1 Å². The Balaban J connectivity index is 1.24. The first-order valence-corrected chi connectivity index (χ1v) is 15.3. The number of thiocarbonyl (C=S) groups is 1. The lowest BCUT2D eigenvalue weighted by Crippen LogP contribution is -2.35. The van der Waals surface area contributed by atoms with Crippen LogP contribution >= 0.6 is 24.0 Å². The maximum atomic E-state index is 15.2. The van der Waals surface area contributed by atoms with Crippen LogP contribution in [0.15, 0.2) is 78.0 Å². The standard InChI is InChI=1S/C31H27F5N6O2S2/c1-17(2)23-13-4-18(3)14-24(23)42-25(43)15-46-30(42)39-29(45)38-27(33)26(32)19-5-7-20(8-6-19)28-37-16-41(40-28)21-9-11-22(12-10-21)44-31(34,35)36/h4-14,16-17,26-27H,15H2,1-3H3,(H,38,45). The highest BCUT2D eigenvalue weighted by Crippen LogP contribution is 2.34. The van der Waals surface area contributed by atoms with Crippen molar-refractivity contribution in [2.24, 2.45) is 4.99 Å². The summed E-state index contributed by atoms with van der Waals surface area (Å²) in [6.07, 6.45) is -7.77. The van der Waals surface area contributed by atoms with Gasteiger partial charge in [0.15, 0.2) is 22.3 Å². The molecule has 5 rings (SSSR count). The Kier molecular flexibility index (Phi) is 9.72. The number of nitrogens with zero attached hydrogens (tertiary/aromatic N) is 5. The molecule has 0 bridgehead atoms. The second kappa shape index (κ2) is 13.5. The van der Waals surface area contributed by atoms with Crippen LogP contribution in [-0.4, -0.2) is 49.4 Å². The summed E-state index contributed by atoms with van der Waals surface area (Å²) in [6, 6.07) is 16.6. The van der Waals surface area contributed by atoms with E-state index in [0.717, 1.165) is 35.0 Å². The number of benzene rings is 3. The maximum Gasteiger partial charge on any atom is 0.573 e. The van der Waals surface area contributed by atoms with Gasteiger partial charge in [-0.1, -0.05) is 62.0 Å². The number of alkyl halides is 5. The molecule has 1 N–H and O–H groups in total. The lowest BCUT2D eigenvalue weighted by molar-refractivity contribution is -0.274. The van der Waals surface area contributed by atoms with Gasteiger partial charge in [0.2, 0.25) is 12.2 Å². The number of halogens is 5. The molecule has 2 unspecified atom stereocenters. The van der Waals surface area contributed by atoms with Gasteiger partial charge in [-0.05, 0) is 72.1 Å². The molecule has 0 radical (unpaired) electrons. The van der Waals surface area contributed by atoms with Crippen LogP contribution in [0.25, 0.3) is 17.1 Å². The summed E-state index contributed by atoms with van der Waals surface area (Å²) < 4.78 is 72.6. The Bertz CT molecular complexity index is 1760. The molecule has 0 saturated carbocycles. The molecule has 46 heavy (non-hydrogen) atoms. The van der Waals surface area contributed by atoms with E-state index >= 15 is 8.78 Å². The lowest BCUT2D eigenvalue weighted by atomic mass is 9.99. The van der Waals surface area contributed by atoms with Crippen molar-refractivity contribution in [3.05, 3.63) is 89.7 Å². The van der Waals surface area contributed by atoms with Crippen LogP contribution < -0.4 is 15.0 Å². The van der Waals surface area contributed by atoms with E-state index in [1.165, 1.54) is 52.3 Å². The fourth-order valence-corrected chi connectivity index (χ4v) is 5.76. The normalized spacial score (nSPS) is 15.8. The second-order valence-electron chi connectivity index (χ2n) is 10.6. The highest BCUT2D eigenvalue weighted by molar-refractivity contribution is 8.15. The number of nitrogens with one attached hydrogen (secondary N) is 1. The van der Waals surface area contributed by atoms with Gasteiger partial charge in [-0.3, -0.25) is 9.69 Å². The molecule has 1 aliphatic heterocycles. The summed E-state index contributed by atoms with van der Waals surface area (Å²) in [5, 5.41) is 6.55. The van der Waals surface area contributed by atoms with Crippen molar-refractivity contribution in [1.29, 1.82) is 0 Å². The second-order valence-corrected chi connectivity index (χ2v) is 11.9. The van der Waals surface area contributed by atoms with Crippen molar-refractivity contribution >= 4 is 45.9 Å². The summed E-state index contributed by atoms with van der Waals surface area (Å²) >= 11 is 6.38. The third-order valence-corrected chi connectivity index (χ3v) is 7.98. The zero-order chi connectivity index (χ0) is 33.2. The van der Waals surface area contributed by atoms with Gasteiger partial charge >= 0.3 is 6.36 Å². The zero-order valence-corrected chi connectivity index (χ0v) is 26.3. The van der Waals surface area contributed by atoms with Crippen molar-refractivity contribution < 1.29 is 31.5 Å². The number of anilines is 1. The zero-order valence-electron chi connectivity index (χ0n) is 24.6. The number of ether oxygens (including phenoxy) is 1. The van der Waals surface area contributed by atoms with Crippen LogP contribution in [0.4, 0.5) is 27.6 Å². The Morgan fingerprint density at radius 1 is 1.07 bits per heavy atom. The molecule has 1 saturated heterocycles. The number of hydrogen-bond acceptors (Lipinski definition) is 6. The number of carbonyl (C=O) groups is 1. The number of amides is 1. The third-order valence-electron chi connectivity index (χ3n) is 6.84. The molecule has 0 aliphatic carbocycles. The predicted octanol–water partition coefficient (Wildman–Crippen LogP) is 7.58. The van der Waals surface area contributed by atoms with Gasteiger partial charge in [0.25, 0.3) is 0 Å². The Labute approximate surface area is 270 Å². The number of hydrogen-bond donors (Lipinski definition) is 1. The fraction of sp³-hybridized carbons (Fsp3) is 0.258. The first-order chi connectivity index (χ1) is 21.8. The highest BCUT2D eigenvalue weighted by atomic mass is 32.2. The molecule has 15 heteroatoms. The molecule has 2 atom stereocenters. The third kappa shape index (κ3) is 7.70. The minimum atomic E-state index is -4.80. The van der Waals surface area contributed by atoms with Gasteiger partial charge in [-0.15, -0.1) is 18.3 Å². The first-order valence-electron chi connectivity index (χ1n) is 13.9. The largest absolute Gasteiger partial charge is 0.573 e. The summed E-state index contributed by atoms with van der Waals surface area (Å²) in [4.78, 5) is 22.7. The van der Waals surface area contributed by atoms with E-state index in [2.05, 4.69) is 25.1 Å². The van der Waals surface area contributed by atoms with E-state index < -0.39 is 18.8 Å². The van der Waals surface area contributed by atoms with E-state index in [1.807, 2.05) is 39.0 Å². The summed E-state index contributed by atoms with van der Waals surface area (Å²) in [6.45, 7) is 5.94. The fourth-order valence-electron chi connectivity index (χ4n) is 4.63. The predicted molar refractivity (Wildman–Crippen MR) is 171 cm³/mol. The number of rotatable bonds is 8. The maximum absolute atomic E-state index is 15.2. The molecule has 0 spiro atoms. The van der Waals surface area contributed by atoms with Gasteiger partial charge in [0, 0.05) is 5.56 Å². The Morgan fingerprint density at radius 2 is 1.76 bits per heavy atom. The Hall–Kier alpha value is -4.37. The van der Waals surface area contributed by atoms with Gasteiger partial charge in [-0.25, -0.2) is 18.4 Å².